The molecule has 0 saturated heterocycles. The van der Waals surface area contributed by atoms with Crippen LogP contribution in [0.5, 0.6) is 0 Å². The largest absolute Gasteiger partial charge is 1.00 e. The Morgan fingerprint density at radius 2 is 1.70 bits per heavy atom. The molecule has 0 aromatic carbocycles. The molecule has 0 spiro atoms. The molecule has 56 valence electrons. The summed E-state index contributed by atoms with van der Waals surface area (Å²) in [7, 11) is 0. The van der Waals surface area contributed by atoms with Gasteiger partial charge in [-0.15, -0.1) is 0 Å². The van der Waals surface area contributed by atoms with Gasteiger partial charge in [-0.3, -0.25) is 0 Å². The molecular weight excluding hydrogens is 197 g/mol. The summed E-state index contributed by atoms with van der Waals surface area (Å²) in [5, 5.41) is 9.18. The molecule has 6 heteroatoms. The molecule has 0 radical (unpaired) electrons. The number of carbonyl (C=O) groups is 1. The Morgan fingerprint density at radius 1 is 1.50 bits per heavy atom. The summed E-state index contributed by atoms with van der Waals surface area (Å²) < 4.78 is 0. The monoisotopic (exact) mass is 207 g/mol. The Hall–Kier alpha value is 1.77. The van der Waals surface area contributed by atoms with E-state index >= 15 is 0 Å². The predicted octanol–water partition coefficient (Wildman–Crippen LogP) is -4.45. The zero-order chi connectivity index (χ0) is 7.70. The van der Waals surface area contributed by atoms with Crippen LogP contribution < -0.4 is 62.2 Å². The Labute approximate surface area is 114 Å². The first-order chi connectivity index (χ1) is 4.18. The molecule has 0 aromatic heterocycles. The number of hydrogen-bond donors (Lipinski definition) is 3. The zero-order valence-corrected chi connectivity index (χ0v) is 10.8. The fourth-order valence-corrected chi connectivity index (χ4v) is 0. The number of carbonyl (C=O) groups excluding carboxylic acids is 1. The SMILES string of the molecule is NCCS.O=C([O-])CS.[K+]. The van der Waals surface area contributed by atoms with Crippen molar-refractivity contribution in [3.05, 3.63) is 0 Å². The predicted molar refractivity (Wildman–Crippen MR) is 41.8 cm³/mol. The summed E-state index contributed by atoms with van der Waals surface area (Å²) in [6.07, 6.45) is 0. The van der Waals surface area contributed by atoms with E-state index in [1.807, 2.05) is 0 Å². The van der Waals surface area contributed by atoms with Gasteiger partial charge >= 0.3 is 51.4 Å². The van der Waals surface area contributed by atoms with Crippen molar-refractivity contribution in [2.45, 2.75) is 0 Å². The quantitative estimate of drug-likeness (QED) is 0.316. The maximum Gasteiger partial charge on any atom is 1.00 e. The van der Waals surface area contributed by atoms with Crippen LogP contribution in [0.2, 0.25) is 0 Å². The minimum absolute atomic E-state index is 0. The summed E-state index contributed by atoms with van der Waals surface area (Å²) in [6, 6.07) is 0. The van der Waals surface area contributed by atoms with Crippen molar-refractivity contribution in [1.29, 1.82) is 0 Å². The van der Waals surface area contributed by atoms with Gasteiger partial charge in [0, 0.05) is 18.1 Å². The normalized spacial score (nSPS) is 6.70. The first kappa shape index (κ1) is 17.7. The second-order valence-electron chi connectivity index (χ2n) is 1.04. The third-order valence-corrected chi connectivity index (χ3v) is 0.775. The Kier molecular flexibility index (Phi) is 30.2. The van der Waals surface area contributed by atoms with Gasteiger partial charge in [-0.1, -0.05) is 0 Å². The van der Waals surface area contributed by atoms with Gasteiger partial charge in [0.25, 0.3) is 0 Å². The maximum absolute atomic E-state index is 9.18. The average molecular weight is 207 g/mol. The van der Waals surface area contributed by atoms with Crippen LogP contribution in [0.1, 0.15) is 0 Å². The molecule has 0 aliphatic carbocycles. The van der Waals surface area contributed by atoms with Crippen LogP contribution in [0.3, 0.4) is 0 Å². The summed E-state index contributed by atoms with van der Waals surface area (Å²) >= 11 is 7.15. The van der Waals surface area contributed by atoms with Gasteiger partial charge in [0.2, 0.25) is 0 Å². The molecule has 10 heavy (non-hydrogen) atoms. The van der Waals surface area contributed by atoms with Crippen molar-refractivity contribution in [1.82, 2.24) is 0 Å². The van der Waals surface area contributed by atoms with Crippen molar-refractivity contribution in [3.63, 3.8) is 0 Å². The third-order valence-electron chi connectivity index (χ3n) is 0.258. The molecular formula is C4H10KNO2S2. The van der Waals surface area contributed by atoms with Crippen molar-refractivity contribution in [3.8, 4) is 0 Å². The Morgan fingerprint density at radius 3 is 1.70 bits per heavy atom. The molecule has 0 bridgehead atoms. The van der Waals surface area contributed by atoms with E-state index in [4.69, 9.17) is 5.73 Å². The third kappa shape index (κ3) is 33.0. The molecule has 0 fully saturated rings. The smallest absolute Gasteiger partial charge is 0.549 e. The van der Waals surface area contributed by atoms with Crippen LogP contribution in [0, 0.1) is 0 Å². The van der Waals surface area contributed by atoms with Crippen molar-refractivity contribution in [2.24, 2.45) is 5.73 Å². The topological polar surface area (TPSA) is 66.2 Å². The summed E-state index contributed by atoms with van der Waals surface area (Å²) in [5.41, 5.74) is 4.95. The van der Waals surface area contributed by atoms with E-state index in [0.717, 1.165) is 5.75 Å². The number of rotatable bonds is 2. The van der Waals surface area contributed by atoms with Gasteiger partial charge in [-0.25, -0.2) is 0 Å². The van der Waals surface area contributed by atoms with E-state index in [9.17, 15) is 9.90 Å². The average Bonchev–Trinajstić information content (AvgIpc) is 1.89. The molecule has 0 amide bonds. The van der Waals surface area contributed by atoms with Crippen LogP contribution in [0.15, 0.2) is 0 Å². The van der Waals surface area contributed by atoms with Crippen molar-refractivity contribution < 1.29 is 61.3 Å². The van der Waals surface area contributed by atoms with E-state index in [-0.39, 0.29) is 57.1 Å². The second kappa shape index (κ2) is 17.0. The van der Waals surface area contributed by atoms with Crippen molar-refractivity contribution in [2.75, 3.05) is 18.1 Å². The number of hydrogen-bond acceptors (Lipinski definition) is 5. The zero-order valence-electron chi connectivity index (χ0n) is 5.91. The van der Waals surface area contributed by atoms with Gasteiger partial charge in [0.15, 0.2) is 0 Å². The van der Waals surface area contributed by atoms with Gasteiger partial charge in [-0.05, 0) is 0 Å². The van der Waals surface area contributed by atoms with Gasteiger partial charge in [0.1, 0.15) is 0 Å². The molecule has 0 heterocycles. The fourth-order valence-electron chi connectivity index (χ4n) is 0. The molecule has 0 unspecified atom stereocenters. The number of carboxylic acids is 1. The Balaban J connectivity index is -0.0000000910. The van der Waals surface area contributed by atoms with Gasteiger partial charge in [-0.2, -0.15) is 25.3 Å². The van der Waals surface area contributed by atoms with Gasteiger partial charge < -0.3 is 15.6 Å². The molecule has 3 nitrogen and oxygen atoms in total. The summed E-state index contributed by atoms with van der Waals surface area (Å²) in [4.78, 5) is 9.18. The second-order valence-corrected chi connectivity index (χ2v) is 1.81. The first-order valence-electron chi connectivity index (χ1n) is 2.30. The number of carboxylic acid groups (broad SMARTS) is 1. The molecule has 0 rings (SSSR count). The van der Waals surface area contributed by atoms with E-state index < -0.39 is 5.97 Å². The van der Waals surface area contributed by atoms with Gasteiger partial charge in [0.05, 0.1) is 5.97 Å². The molecule has 0 atom stereocenters. The molecule has 0 aromatic rings. The number of aliphatic carboxylic acids is 1. The minimum Gasteiger partial charge on any atom is -0.549 e. The minimum atomic E-state index is -1.13. The molecule has 0 aliphatic rings. The molecule has 0 saturated carbocycles. The van der Waals surface area contributed by atoms with Crippen LogP contribution in [-0.2, 0) is 4.79 Å². The molecule has 0 aliphatic heterocycles. The number of thiol groups is 2. The van der Waals surface area contributed by atoms with E-state index in [1.54, 1.807) is 0 Å². The van der Waals surface area contributed by atoms with E-state index in [0.29, 0.717) is 6.54 Å². The van der Waals surface area contributed by atoms with E-state index in [1.165, 1.54) is 0 Å². The summed E-state index contributed by atoms with van der Waals surface area (Å²) in [5.74, 6) is -0.534. The van der Waals surface area contributed by atoms with Crippen LogP contribution >= 0.6 is 25.3 Å². The first-order valence-corrected chi connectivity index (χ1v) is 3.57. The van der Waals surface area contributed by atoms with Crippen molar-refractivity contribution >= 4 is 31.2 Å². The van der Waals surface area contributed by atoms with E-state index in [2.05, 4.69) is 25.3 Å². The number of nitrogens with two attached hydrogens (primary N) is 1. The molecule has 2 N–H and O–H groups in total. The van der Waals surface area contributed by atoms with Crippen LogP contribution in [0.25, 0.3) is 0 Å². The maximum atomic E-state index is 9.18. The van der Waals surface area contributed by atoms with Crippen LogP contribution in [0.4, 0.5) is 0 Å². The fraction of sp³-hybridized carbons (Fsp3) is 0.750. The standard InChI is InChI=1S/C2H7NS.C2H4O2S.K/c3-1-2-4;3-2(4)1-5;/h4H,1-3H2;5H,1H2,(H,3,4);/q;;+1/p-1. The summed E-state index contributed by atoms with van der Waals surface area (Å²) in [6.45, 7) is 0.684. The Bertz CT molecular complexity index is 72.3. The van der Waals surface area contributed by atoms with Crippen LogP contribution in [-0.4, -0.2) is 24.0 Å².